The molecular formula is C16H21N3O4S. The van der Waals surface area contributed by atoms with Crippen molar-refractivity contribution in [1.82, 2.24) is 10.1 Å². The number of rotatable bonds is 9. The van der Waals surface area contributed by atoms with E-state index in [2.05, 4.69) is 15.5 Å². The van der Waals surface area contributed by atoms with E-state index in [0.717, 1.165) is 17.0 Å². The van der Waals surface area contributed by atoms with Crippen LogP contribution in [0.4, 0.5) is 5.69 Å². The molecule has 2 aromatic rings. The summed E-state index contributed by atoms with van der Waals surface area (Å²) in [5.74, 6) is 2.25. The Morgan fingerprint density at radius 3 is 2.79 bits per heavy atom. The zero-order chi connectivity index (χ0) is 17.4. The van der Waals surface area contributed by atoms with Crippen molar-refractivity contribution in [2.75, 3.05) is 31.4 Å². The van der Waals surface area contributed by atoms with Crippen molar-refractivity contribution in [3.05, 3.63) is 35.3 Å². The normalized spacial score (nSPS) is 10.6. The molecule has 1 amide bonds. The van der Waals surface area contributed by atoms with Crippen molar-refractivity contribution in [2.24, 2.45) is 0 Å². The molecule has 0 radical (unpaired) electrons. The van der Waals surface area contributed by atoms with Gasteiger partial charge in [-0.3, -0.25) is 4.79 Å². The number of thioether (sulfide) groups is 1. The standard InChI is InChI=1S/C16H21N3O4S/c1-11-14(12(2)23-19-11)9-24-10-15(20)18-13-4-5-16(17-8-13)22-7-6-21-3/h4-5,8H,6-7,9-10H2,1-3H3,(H,18,20). The van der Waals surface area contributed by atoms with E-state index in [9.17, 15) is 4.79 Å². The number of methoxy groups -OCH3 is 1. The Morgan fingerprint density at radius 2 is 2.17 bits per heavy atom. The van der Waals surface area contributed by atoms with Crippen LogP contribution in [0.2, 0.25) is 0 Å². The predicted molar refractivity (Wildman–Crippen MR) is 92.4 cm³/mol. The monoisotopic (exact) mass is 351 g/mol. The highest BCUT2D eigenvalue weighted by molar-refractivity contribution is 7.99. The molecule has 0 aromatic carbocycles. The zero-order valence-corrected chi connectivity index (χ0v) is 14.8. The van der Waals surface area contributed by atoms with Gasteiger partial charge in [0, 0.05) is 24.5 Å². The minimum atomic E-state index is -0.0818. The minimum Gasteiger partial charge on any atom is -0.475 e. The van der Waals surface area contributed by atoms with Crippen LogP contribution in [0.3, 0.4) is 0 Å². The highest BCUT2D eigenvalue weighted by Crippen LogP contribution is 2.19. The molecule has 0 aliphatic carbocycles. The molecule has 130 valence electrons. The van der Waals surface area contributed by atoms with Crippen molar-refractivity contribution < 1.29 is 18.8 Å². The van der Waals surface area contributed by atoms with Gasteiger partial charge in [0.25, 0.3) is 0 Å². The van der Waals surface area contributed by atoms with Crippen molar-refractivity contribution in [1.29, 1.82) is 0 Å². The van der Waals surface area contributed by atoms with Gasteiger partial charge in [-0.25, -0.2) is 4.98 Å². The molecule has 2 rings (SSSR count). The summed E-state index contributed by atoms with van der Waals surface area (Å²) in [4.78, 5) is 16.1. The van der Waals surface area contributed by atoms with Crippen LogP contribution in [-0.4, -0.2) is 42.1 Å². The van der Waals surface area contributed by atoms with Crippen LogP contribution >= 0.6 is 11.8 Å². The molecule has 1 N–H and O–H groups in total. The van der Waals surface area contributed by atoms with Crippen LogP contribution in [-0.2, 0) is 15.3 Å². The second-order valence-corrected chi connectivity index (χ2v) is 6.06. The summed E-state index contributed by atoms with van der Waals surface area (Å²) < 4.78 is 15.4. The maximum Gasteiger partial charge on any atom is 0.234 e. The number of nitrogens with one attached hydrogen (secondary N) is 1. The first-order chi connectivity index (χ1) is 11.6. The molecular weight excluding hydrogens is 330 g/mol. The van der Waals surface area contributed by atoms with Gasteiger partial charge >= 0.3 is 0 Å². The third kappa shape index (κ3) is 5.54. The van der Waals surface area contributed by atoms with Gasteiger partial charge in [-0.2, -0.15) is 0 Å². The van der Waals surface area contributed by atoms with E-state index >= 15 is 0 Å². The van der Waals surface area contributed by atoms with Gasteiger partial charge in [0.2, 0.25) is 11.8 Å². The Hall–Kier alpha value is -2.06. The van der Waals surface area contributed by atoms with Crippen LogP contribution in [0.15, 0.2) is 22.9 Å². The van der Waals surface area contributed by atoms with Crippen LogP contribution in [0.1, 0.15) is 17.0 Å². The van der Waals surface area contributed by atoms with Gasteiger partial charge in [-0.05, 0) is 19.9 Å². The summed E-state index contributed by atoms with van der Waals surface area (Å²) in [6, 6.07) is 3.47. The van der Waals surface area contributed by atoms with E-state index in [0.29, 0.717) is 36.3 Å². The molecule has 0 fully saturated rings. The Bertz CT molecular complexity index is 638. The Morgan fingerprint density at radius 1 is 1.33 bits per heavy atom. The number of hydrogen-bond donors (Lipinski definition) is 1. The number of nitrogens with zero attached hydrogens (tertiary/aromatic N) is 2. The lowest BCUT2D eigenvalue weighted by Gasteiger charge is -2.07. The average Bonchev–Trinajstić information content (AvgIpc) is 2.88. The number of amides is 1. The zero-order valence-electron chi connectivity index (χ0n) is 14.0. The smallest absolute Gasteiger partial charge is 0.234 e. The molecule has 2 aromatic heterocycles. The van der Waals surface area contributed by atoms with Crippen LogP contribution in [0.25, 0.3) is 0 Å². The van der Waals surface area contributed by atoms with E-state index < -0.39 is 0 Å². The Labute approximate surface area is 145 Å². The van der Waals surface area contributed by atoms with Crippen LogP contribution in [0, 0.1) is 13.8 Å². The molecule has 0 atom stereocenters. The van der Waals surface area contributed by atoms with Gasteiger partial charge in [0.1, 0.15) is 12.4 Å². The van der Waals surface area contributed by atoms with Gasteiger partial charge in [-0.15, -0.1) is 11.8 Å². The number of aryl methyl sites for hydroxylation is 2. The summed E-state index contributed by atoms with van der Waals surface area (Å²) in [5.41, 5.74) is 2.55. The quantitative estimate of drug-likeness (QED) is 0.695. The van der Waals surface area contributed by atoms with Crippen molar-refractivity contribution in [2.45, 2.75) is 19.6 Å². The third-order valence-corrected chi connectivity index (χ3v) is 4.18. The molecule has 0 spiro atoms. The number of aromatic nitrogens is 2. The van der Waals surface area contributed by atoms with Crippen LogP contribution in [0.5, 0.6) is 5.88 Å². The summed E-state index contributed by atoms with van der Waals surface area (Å²) in [7, 11) is 1.61. The second kappa shape index (κ2) is 9.29. The number of carbonyl (C=O) groups is 1. The van der Waals surface area contributed by atoms with Crippen molar-refractivity contribution >= 4 is 23.4 Å². The number of ether oxygens (including phenoxy) is 2. The molecule has 8 heteroatoms. The van der Waals surface area contributed by atoms with Crippen LogP contribution < -0.4 is 10.1 Å². The number of hydrogen-bond acceptors (Lipinski definition) is 7. The summed E-state index contributed by atoms with van der Waals surface area (Å²) in [6.45, 7) is 4.71. The average molecular weight is 351 g/mol. The van der Waals surface area contributed by atoms with Gasteiger partial charge < -0.3 is 19.3 Å². The molecule has 0 saturated heterocycles. The topological polar surface area (TPSA) is 86.5 Å². The lowest BCUT2D eigenvalue weighted by Crippen LogP contribution is -2.14. The minimum absolute atomic E-state index is 0.0818. The highest BCUT2D eigenvalue weighted by atomic mass is 32.2. The van der Waals surface area contributed by atoms with E-state index in [4.69, 9.17) is 14.0 Å². The Kier molecular flexibility index (Phi) is 7.07. The number of anilines is 1. The van der Waals surface area contributed by atoms with Gasteiger partial charge in [0.05, 0.1) is 29.9 Å². The summed E-state index contributed by atoms with van der Waals surface area (Å²) in [5, 5.41) is 6.70. The third-order valence-electron chi connectivity index (χ3n) is 3.22. The predicted octanol–water partition coefficient (Wildman–Crippen LogP) is 2.58. The molecule has 2 heterocycles. The SMILES string of the molecule is COCCOc1ccc(NC(=O)CSCc2c(C)noc2C)cn1. The Balaban J connectivity index is 1.74. The second-order valence-electron chi connectivity index (χ2n) is 5.07. The summed E-state index contributed by atoms with van der Waals surface area (Å²) >= 11 is 1.51. The molecule has 0 aliphatic heterocycles. The number of carbonyl (C=O) groups excluding carboxylic acids is 1. The number of pyridine rings is 1. The van der Waals surface area contributed by atoms with E-state index in [1.54, 1.807) is 25.4 Å². The van der Waals surface area contributed by atoms with E-state index in [-0.39, 0.29) is 5.91 Å². The molecule has 7 nitrogen and oxygen atoms in total. The molecule has 0 bridgehead atoms. The molecule has 0 saturated carbocycles. The molecule has 0 unspecified atom stereocenters. The lowest BCUT2D eigenvalue weighted by atomic mass is 10.2. The lowest BCUT2D eigenvalue weighted by molar-refractivity contribution is -0.113. The fourth-order valence-electron chi connectivity index (χ4n) is 1.92. The fourth-order valence-corrected chi connectivity index (χ4v) is 2.90. The summed E-state index contributed by atoms with van der Waals surface area (Å²) in [6.07, 6.45) is 1.57. The molecule has 24 heavy (non-hydrogen) atoms. The maximum atomic E-state index is 12.0. The highest BCUT2D eigenvalue weighted by Gasteiger charge is 2.10. The fraction of sp³-hybridized carbons (Fsp3) is 0.438. The first kappa shape index (κ1) is 18.3. The largest absolute Gasteiger partial charge is 0.475 e. The van der Waals surface area contributed by atoms with Gasteiger partial charge in [-0.1, -0.05) is 5.16 Å². The van der Waals surface area contributed by atoms with Gasteiger partial charge in [0.15, 0.2) is 0 Å². The first-order valence-corrected chi connectivity index (χ1v) is 8.62. The first-order valence-electron chi connectivity index (χ1n) is 7.47. The van der Waals surface area contributed by atoms with E-state index in [1.165, 1.54) is 11.8 Å². The van der Waals surface area contributed by atoms with Crippen molar-refractivity contribution in [3.8, 4) is 5.88 Å². The maximum absolute atomic E-state index is 12.0. The molecule has 0 aliphatic rings. The van der Waals surface area contributed by atoms with Crippen molar-refractivity contribution in [3.63, 3.8) is 0 Å². The van der Waals surface area contributed by atoms with E-state index in [1.807, 2.05) is 13.8 Å².